The second kappa shape index (κ2) is 8.47. The van der Waals surface area contributed by atoms with Crippen LogP contribution in [0.5, 0.6) is 0 Å². The van der Waals surface area contributed by atoms with E-state index in [0.29, 0.717) is 35.9 Å². The number of sulfonamides is 1. The van der Waals surface area contributed by atoms with Gasteiger partial charge >= 0.3 is 0 Å². The van der Waals surface area contributed by atoms with Gasteiger partial charge in [-0.15, -0.1) is 11.3 Å². The van der Waals surface area contributed by atoms with Gasteiger partial charge in [-0.2, -0.15) is 0 Å². The Hall–Kier alpha value is -2.89. The van der Waals surface area contributed by atoms with Crippen molar-refractivity contribution in [2.45, 2.75) is 32.6 Å². The smallest absolute Gasteiger partial charge is 0.266 e. The highest BCUT2D eigenvalue weighted by Gasteiger charge is 2.32. The first-order valence-electron chi connectivity index (χ1n) is 9.87. The van der Waals surface area contributed by atoms with Gasteiger partial charge in [-0.25, -0.2) is 18.1 Å². The maximum Gasteiger partial charge on any atom is 0.266 e. The molecule has 33 heavy (non-hydrogen) atoms. The van der Waals surface area contributed by atoms with E-state index in [9.17, 15) is 13.2 Å². The minimum atomic E-state index is -4.33. The minimum absolute atomic E-state index is 0.0253. The van der Waals surface area contributed by atoms with E-state index in [1.54, 1.807) is 12.3 Å². The molecule has 0 bridgehead atoms. The third-order valence-corrected chi connectivity index (χ3v) is 8.28. The number of thiophene rings is 1. The lowest BCUT2D eigenvalue weighted by Crippen LogP contribution is -2.19. The van der Waals surface area contributed by atoms with Crippen molar-refractivity contribution < 1.29 is 22.5 Å². The first kappa shape index (κ1) is 23.3. The van der Waals surface area contributed by atoms with Crippen molar-refractivity contribution in [1.29, 1.82) is 0 Å². The van der Waals surface area contributed by atoms with Crippen molar-refractivity contribution in [3.05, 3.63) is 49.3 Å². The molecule has 1 aromatic carbocycles. The summed E-state index contributed by atoms with van der Waals surface area (Å²) in [5.41, 5.74) is 10.2. The first-order valence-corrected chi connectivity index (χ1v) is 12.6. The normalized spacial score (nSPS) is 13.7. The molecule has 0 aliphatic carbocycles. The molecule has 3 aromatic rings. The lowest BCUT2D eigenvalue weighted by Gasteiger charge is -2.18. The molecule has 4 rings (SSSR count). The summed E-state index contributed by atoms with van der Waals surface area (Å²) in [6.45, 7) is 8.31. The number of nitrogens with one attached hydrogen (secondary N) is 1. The quantitative estimate of drug-likeness (QED) is 0.517. The Labute approximate surface area is 199 Å². The molecule has 1 aliphatic rings. The molecular formula is C21H21ClN4O5S2. The van der Waals surface area contributed by atoms with Crippen molar-refractivity contribution in [2.75, 3.05) is 17.9 Å². The largest absolute Gasteiger partial charge is 0.475 e. The number of primary amides is 1. The Morgan fingerprint density at radius 2 is 1.91 bits per heavy atom. The summed E-state index contributed by atoms with van der Waals surface area (Å²) in [4.78, 5) is 16.2. The predicted molar refractivity (Wildman–Crippen MR) is 127 cm³/mol. The topological polar surface area (TPSA) is 137 Å². The standard InChI is InChI=1S/C21H21ClN4O5S2/c1-9-7-10(2)15(20-24-5-6-30-20)11(3)14(9)13-8-32-17(19(23)27)18(13)33(28,29)26-21-16(22)12(4)25-31-21/h7-8,26H,5-6H2,1-4H3,(H2,23,27). The molecule has 3 heterocycles. The Bertz CT molecular complexity index is 1420. The number of anilines is 1. The van der Waals surface area contributed by atoms with Crippen LogP contribution in [0.1, 0.15) is 37.6 Å². The number of hydrogen-bond donors (Lipinski definition) is 2. The maximum atomic E-state index is 13.5. The van der Waals surface area contributed by atoms with Gasteiger partial charge in [0.2, 0.25) is 5.90 Å². The number of aryl methyl sites for hydroxylation is 3. The van der Waals surface area contributed by atoms with E-state index in [4.69, 9.17) is 26.6 Å². The van der Waals surface area contributed by atoms with Crippen LogP contribution in [-0.2, 0) is 14.8 Å². The van der Waals surface area contributed by atoms with Gasteiger partial charge in [-0.05, 0) is 49.9 Å². The van der Waals surface area contributed by atoms with Crippen LogP contribution in [0.4, 0.5) is 5.88 Å². The van der Waals surface area contributed by atoms with E-state index in [0.717, 1.165) is 33.6 Å². The number of carbonyl (C=O) groups is 1. The molecule has 9 nitrogen and oxygen atoms in total. The number of nitrogens with zero attached hydrogens (tertiary/aromatic N) is 2. The predicted octanol–water partition coefficient (Wildman–Crippen LogP) is 3.97. The zero-order valence-electron chi connectivity index (χ0n) is 18.3. The second-order valence-corrected chi connectivity index (χ2v) is 10.5. The van der Waals surface area contributed by atoms with Crippen LogP contribution in [0.2, 0.25) is 5.02 Å². The third kappa shape index (κ3) is 4.00. The van der Waals surface area contributed by atoms with E-state index in [2.05, 4.69) is 14.9 Å². The number of carbonyl (C=O) groups excluding carboxylic acids is 1. The molecule has 174 valence electrons. The fourth-order valence-corrected chi connectivity index (χ4v) is 6.77. The number of halogens is 1. The Morgan fingerprint density at radius 1 is 1.21 bits per heavy atom. The van der Waals surface area contributed by atoms with Crippen LogP contribution < -0.4 is 10.5 Å². The van der Waals surface area contributed by atoms with Gasteiger partial charge in [0.25, 0.3) is 21.8 Å². The van der Waals surface area contributed by atoms with Crippen molar-refractivity contribution in [3.63, 3.8) is 0 Å². The fraction of sp³-hybridized carbons (Fsp3) is 0.286. The summed E-state index contributed by atoms with van der Waals surface area (Å²) in [7, 11) is -4.33. The number of benzene rings is 1. The highest BCUT2D eigenvalue weighted by Crippen LogP contribution is 2.41. The molecule has 3 N–H and O–H groups in total. The maximum absolute atomic E-state index is 13.5. The summed E-state index contributed by atoms with van der Waals surface area (Å²) >= 11 is 7.05. The molecule has 0 fully saturated rings. The van der Waals surface area contributed by atoms with Crippen molar-refractivity contribution in [2.24, 2.45) is 10.7 Å². The number of nitrogens with two attached hydrogens (primary N) is 1. The summed E-state index contributed by atoms with van der Waals surface area (Å²) in [5, 5.41) is 5.29. The number of aromatic nitrogens is 1. The first-order chi connectivity index (χ1) is 15.5. The summed E-state index contributed by atoms with van der Waals surface area (Å²) in [5.74, 6) is -0.589. The second-order valence-electron chi connectivity index (χ2n) is 7.61. The monoisotopic (exact) mass is 508 g/mol. The molecule has 0 spiro atoms. The molecule has 1 amide bonds. The Morgan fingerprint density at radius 3 is 2.48 bits per heavy atom. The Kier molecular flexibility index (Phi) is 5.97. The lowest BCUT2D eigenvalue weighted by molar-refractivity contribution is 0.100. The average molecular weight is 509 g/mol. The Balaban J connectivity index is 1.95. The van der Waals surface area contributed by atoms with Gasteiger partial charge in [0.15, 0.2) is 0 Å². The van der Waals surface area contributed by atoms with Crippen molar-refractivity contribution in [1.82, 2.24) is 5.16 Å². The number of amides is 1. The van der Waals surface area contributed by atoms with Crippen LogP contribution in [0.15, 0.2) is 25.9 Å². The van der Waals surface area contributed by atoms with Crippen LogP contribution in [0.25, 0.3) is 11.1 Å². The fourth-order valence-electron chi connectivity index (χ4n) is 3.97. The number of hydrogen-bond acceptors (Lipinski definition) is 8. The van der Waals surface area contributed by atoms with E-state index >= 15 is 0 Å². The van der Waals surface area contributed by atoms with Gasteiger partial charge in [0, 0.05) is 16.5 Å². The molecule has 0 saturated carbocycles. The third-order valence-electron chi connectivity index (χ3n) is 5.30. The number of rotatable bonds is 6. The van der Waals surface area contributed by atoms with Gasteiger partial charge < -0.3 is 15.0 Å². The van der Waals surface area contributed by atoms with Crippen LogP contribution in [0.3, 0.4) is 0 Å². The van der Waals surface area contributed by atoms with E-state index in [1.807, 2.05) is 26.8 Å². The molecule has 0 unspecified atom stereocenters. The van der Waals surface area contributed by atoms with Crippen LogP contribution >= 0.6 is 22.9 Å². The molecular weight excluding hydrogens is 488 g/mol. The van der Waals surface area contributed by atoms with Crippen LogP contribution in [0, 0.1) is 27.7 Å². The minimum Gasteiger partial charge on any atom is -0.475 e. The zero-order chi connectivity index (χ0) is 24.1. The highest BCUT2D eigenvalue weighted by atomic mass is 35.5. The molecule has 1 aliphatic heterocycles. The van der Waals surface area contributed by atoms with Gasteiger partial charge in [0.1, 0.15) is 27.1 Å². The number of aliphatic imine (C=N–C) groups is 1. The summed E-state index contributed by atoms with van der Waals surface area (Å²) in [6, 6.07) is 1.93. The lowest BCUT2D eigenvalue weighted by atomic mass is 9.90. The van der Waals surface area contributed by atoms with Crippen molar-refractivity contribution >= 4 is 50.7 Å². The molecule has 12 heteroatoms. The van der Waals surface area contributed by atoms with Crippen molar-refractivity contribution in [3.8, 4) is 11.1 Å². The SMILES string of the molecule is Cc1cc(C)c(-c2csc(C(N)=O)c2S(=O)(=O)Nc2onc(C)c2Cl)c(C)c1C1=NCCO1. The van der Waals surface area contributed by atoms with Gasteiger partial charge in [-0.3, -0.25) is 4.79 Å². The van der Waals surface area contributed by atoms with E-state index in [1.165, 1.54) is 0 Å². The van der Waals surface area contributed by atoms with Gasteiger partial charge in [0.05, 0.1) is 6.54 Å². The highest BCUT2D eigenvalue weighted by molar-refractivity contribution is 7.93. The van der Waals surface area contributed by atoms with E-state index in [-0.39, 0.29) is 20.7 Å². The van der Waals surface area contributed by atoms with Gasteiger partial charge in [-0.1, -0.05) is 22.8 Å². The molecule has 0 atom stereocenters. The summed E-state index contributed by atoms with van der Waals surface area (Å²) < 4.78 is 39.9. The number of ether oxygens (including phenoxy) is 1. The molecule has 2 aromatic heterocycles. The van der Waals surface area contributed by atoms with E-state index < -0.39 is 15.9 Å². The zero-order valence-corrected chi connectivity index (χ0v) is 20.7. The summed E-state index contributed by atoms with van der Waals surface area (Å²) in [6.07, 6.45) is 0. The molecule has 0 radical (unpaired) electrons. The van der Waals surface area contributed by atoms with Crippen LogP contribution in [-0.4, -0.2) is 38.5 Å². The average Bonchev–Trinajstić information content (AvgIpc) is 3.46. The molecule has 0 saturated heterocycles.